The van der Waals surface area contributed by atoms with Crippen LogP contribution in [0.3, 0.4) is 0 Å². The summed E-state index contributed by atoms with van der Waals surface area (Å²) in [5.41, 5.74) is 0. The minimum absolute atomic E-state index is 0.231. The van der Waals surface area contributed by atoms with Crippen LogP contribution in [0.4, 0.5) is 0 Å². The fourth-order valence-electron chi connectivity index (χ4n) is 0.921. The van der Waals surface area contributed by atoms with Crippen LogP contribution in [-0.2, 0) is 9.53 Å². The van der Waals surface area contributed by atoms with Gasteiger partial charge in [0.15, 0.2) is 0 Å². The molecule has 0 fully saturated rings. The normalized spacial score (nSPS) is 11.9. The molecule has 1 aromatic carbocycles. The first-order valence-corrected chi connectivity index (χ1v) is 5.95. The highest BCUT2D eigenvalue weighted by Crippen LogP contribution is 2.24. The molecule has 5 heteroatoms. The van der Waals surface area contributed by atoms with Crippen LogP contribution in [0.5, 0.6) is 5.75 Å². The second kappa shape index (κ2) is 6.12. The van der Waals surface area contributed by atoms with E-state index in [-0.39, 0.29) is 12.6 Å². The molecule has 0 saturated heterocycles. The first-order valence-electron chi connectivity index (χ1n) is 4.24. The molecule has 1 rings (SSSR count). The Hall–Kier alpha value is -0.550. The van der Waals surface area contributed by atoms with Crippen molar-refractivity contribution in [2.24, 2.45) is 0 Å². The Bertz CT molecular complexity index is 341. The molecule has 0 radical (unpaired) electrons. The Morgan fingerprint density at radius 2 is 2.13 bits per heavy atom. The van der Waals surface area contributed by atoms with E-state index < -0.39 is 4.83 Å². The predicted octanol–water partition coefficient (Wildman–Crippen LogP) is 2.76. The van der Waals surface area contributed by atoms with Crippen molar-refractivity contribution in [3.05, 3.63) is 28.7 Å². The minimum Gasteiger partial charge on any atom is -0.491 e. The van der Waals surface area contributed by atoms with Gasteiger partial charge in [0.25, 0.3) is 0 Å². The van der Waals surface area contributed by atoms with E-state index in [0.29, 0.717) is 5.75 Å². The number of carbonyl (C=O) groups is 1. The first-order chi connectivity index (χ1) is 7.15. The fraction of sp³-hybridized carbons (Fsp3) is 0.300. The third-order valence-corrected chi connectivity index (χ3v) is 2.97. The van der Waals surface area contributed by atoms with Gasteiger partial charge >= 0.3 is 5.97 Å². The number of hydrogen-bond acceptors (Lipinski definition) is 3. The largest absolute Gasteiger partial charge is 0.491 e. The molecule has 0 aliphatic carbocycles. The number of para-hydroxylation sites is 1. The second-order valence-electron chi connectivity index (χ2n) is 2.73. The Morgan fingerprint density at radius 1 is 1.47 bits per heavy atom. The topological polar surface area (TPSA) is 35.5 Å². The fourth-order valence-corrected chi connectivity index (χ4v) is 1.64. The lowest BCUT2D eigenvalue weighted by Crippen LogP contribution is -2.22. The van der Waals surface area contributed by atoms with Crippen LogP contribution in [0.2, 0.25) is 0 Å². The second-order valence-corrected chi connectivity index (χ2v) is 4.69. The highest BCUT2D eigenvalue weighted by Gasteiger charge is 2.16. The van der Waals surface area contributed by atoms with Crippen molar-refractivity contribution in [3.8, 4) is 5.75 Å². The zero-order valence-corrected chi connectivity index (χ0v) is 11.2. The van der Waals surface area contributed by atoms with Crippen molar-refractivity contribution in [1.82, 2.24) is 0 Å². The van der Waals surface area contributed by atoms with Gasteiger partial charge in [-0.05, 0) is 28.1 Å². The van der Waals surface area contributed by atoms with Crippen LogP contribution in [0, 0.1) is 0 Å². The summed E-state index contributed by atoms with van der Waals surface area (Å²) in [6.45, 7) is 0.231. The molecular formula is C10H10Br2O3. The van der Waals surface area contributed by atoms with E-state index in [2.05, 4.69) is 36.6 Å². The summed E-state index contributed by atoms with van der Waals surface area (Å²) in [7, 11) is 1.34. The van der Waals surface area contributed by atoms with Gasteiger partial charge in [-0.2, -0.15) is 0 Å². The molecule has 82 valence electrons. The quantitative estimate of drug-likeness (QED) is 0.626. The smallest absolute Gasteiger partial charge is 0.322 e. The highest BCUT2D eigenvalue weighted by atomic mass is 79.9. The first kappa shape index (κ1) is 12.5. The lowest BCUT2D eigenvalue weighted by atomic mass is 10.3. The van der Waals surface area contributed by atoms with Crippen LogP contribution < -0.4 is 4.74 Å². The van der Waals surface area contributed by atoms with Crippen molar-refractivity contribution in [2.75, 3.05) is 13.7 Å². The Morgan fingerprint density at radius 3 is 2.73 bits per heavy atom. The maximum Gasteiger partial charge on any atom is 0.322 e. The molecule has 0 heterocycles. The van der Waals surface area contributed by atoms with Crippen molar-refractivity contribution in [3.63, 3.8) is 0 Å². The number of rotatable bonds is 4. The lowest BCUT2D eigenvalue weighted by Gasteiger charge is -2.10. The Kier molecular flexibility index (Phi) is 5.11. The summed E-state index contributed by atoms with van der Waals surface area (Å²) in [5.74, 6) is 0.355. The van der Waals surface area contributed by atoms with Crippen LogP contribution in [-0.4, -0.2) is 24.5 Å². The summed E-state index contributed by atoms with van der Waals surface area (Å²) >= 11 is 6.51. The lowest BCUT2D eigenvalue weighted by molar-refractivity contribution is -0.140. The number of benzene rings is 1. The highest BCUT2D eigenvalue weighted by molar-refractivity contribution is 9.10. The molecule has 0 aliphatic heterocycles. The van der Waals surface area contributed by atoms with E-state index in [1.54, 1.807) is 0 Å². The minimum atomic E-state index is -0.449. The number of halogens is 2. The summed E-state index contributed by atoms with van der Waals surface area (Å²) in [6, 6.07) is 7.45. The van der Waals surface area contributed by atoms with Crippen molar-refractivity contribution >= 4 is 37.8 Å². The number of methoxy groups -OCH3 is 1. The van der Waals surface area contributed by atoms with Gasteiger partial charge in [-0.1, -0.05) is 28.1 Å². The van der Waals surface area contributed by atoms with Gasteiger partial charge < -0.3 is 9.47 Å². The third-order valence-electron chi connectivity index (χ3n) is 1.68. The van der Waals surface area contributed by atoms with Crippen molar-refractivity contribution in [1.29, 1.82) is 0 Å². The molecule has 1 atom stereocenters. The van der Waals surface area contributed by atoms with E-state index >= 15 is 0 Å². The molecule has 0 aromatic heterocycles. The number of esters is 1. The Balaban J connectivity index is 2.50. The summed E-state index contributed by atoms with van der Waals surface area (Å²) < 4.78 is 10.8. The van der Waals surface area contributed by atoms with Gasteiger partial charge in [-0.25, -0.2) is 0 Å². The molecule has 3 nitrogen and oxygen atoms in total. The Labute approximate surface area is 105 Å². The maximum atomic E-state index is 11.1. The van der Waals surface area contributed by atoms with Gasteiger partial charge in [-0.15, -0.1) is 0 Å². The summed E-state index contributed by atoms with van der Waals surface area (Å²) in [6.07, 6.45) is 0. The van der Waals surface area contributed by atoms with E-state index in [9.17, 15) is 4.79 Å². The van der Waals surface area contributed by atoms with Crippen LogP contribution in [0.15, 0.2) is 28.7 Å². The molecule has 0 aliphatic rings. The molecule has 1 aromatic rings. The molecule has 0 bridgehead atoms. The molecule has 0 amide bonds. The molecule has 0 saturated carbocycles. The van der Waals surface area contributed by atoms with Crippen molar-refractivity contribution in [2.45, 2.75) is 4.83 Å². The molecule has 0 spiro atoms. The number of ether oxygens (including phenoxy) is 2. The van der Waals surface area contributed by atoms with Gasteiger partial charge in [0, 0.05) is 0 Å². The van der Waals surface area contributed by atoms with Gasteiger partial charge in [0.2, 0.25) is 0 Å². The van der Waals surface area contributed by atoms with Crippen LogP contribution >= 0.6 is 31.9 Å². The third kappa shape index (κ3) is 3.83. The zero-order valence-electron chi connectivity index (χ0n) is 8.07. The van der Waals surface area contributed by atoms with Crippen LogP contribution in [0.25, 0.3) is 0 Å². The average Bonchev–Trinajstić information content (AvgIpc) is 2.26. The van der Waals surface area contributed by atoms with E-state index in [1.807, 2.05) is 24.3 Å². The van der Waals surface area contributed by atoms with Crippen molar-refractivity contribution < 1.29 is 14.3 Å². The zero-order chi connectivity index (χ0) is 11.3. The monoisotopic (exact) mass is 336 g/mol. The van der Waals surface area contributed by atoms with Crippen LogP contribution in [0.1, 0.15) is 0 Å². The maximum absolute atomic E-state index is 11.1. The number of alkyl halides is 1. The molecular weight excluding hydrogens is 328 g/mol. The predicted molar refractivity (Wildman–Crippen MR) is 64.4 cm³/mol. The van der Waals surface area contributed by atoms with E-state index in [0.717, 1.165) is 4.47 Å². The SMILES string of the molecule is COC(=O)C(Br)COc1ccccc1Br. The molecule has 1 unspecified atom stereocenters. The molecule has 0 N–H and O–H groups in total. The van der Waals surface area contributed by atoms with E-state index in [4.69, 9.17) is 4.74 Å². The van der Waals surface area contributed by atoms with Gasteiger partial charge in [0.1, 0.15) is 17.2 Å². The standard InChI is InChI=1S/C10H10Br2O3/c1-14-10(13)8(12)6-15-9-5-3-2-4-7(9)11/h2-5,8H,6H2,1H3. The average molecular weight is 338 g/mol. The van der Waals surface area contributed by atoms with Gasteiger partial charge in [0.05, 0.1) is 11.6 Å². The summed E-state index contributed by atoms with van der Waals surface area (Å²) in [5, 5.41) is 0. The molecule has 15 heavy (non-hydrogen) atoms. The number of hydrogen-bond donors (Lipinski definition) is 0. The number of carbonyl (C=O) groups excluding carboxylic acids is 1. The summed E-state index contributed by atoms with van der Waals surface area (Å²) in [4.78, 5) is 10.6. The van der Waals surface area contributed by atoms with E-state index in [1.165, 1.54) is 7.11 Å². The van der Waals surface area contributed by atoms with Gasteiger partial charge in [-0.3, -0.25) is 4.79 Å².